The van der Waals surface area contributed by atoms with Gasteiger partial charge in [0, 0.05) is 32.6 Å². The third-order valence-corrected chi connectivity index (χ3v) is 7.40. The van der Waals surface area contributed by atoms with Crippen molar-refractivity contribution in [1.82, 2.24) is 9.21 Å². The zero-order valence-electron chi connectivity index (χ0n) is 17.9. The molecule has 0 saturated carbocycles. The van der Waals surface area contributed by atoms with Crippen molar-refractivity contribution in [2.75, 3.05) is 32.8 Å². The molecule has 0 aromatic heterocycles. The van der Waals surface area contributed by atoms with Gasteiger partial charge in [-0.25, -0.2) is 8.42 Å². The minimum absolute atomic E-state index is 0.0473. The lowest BCUT2D eigenvalue weighted by Gasteiger charge is -2.34. The summed E-state index contributed by atoms with van der Waals surface area (Å²) in [6, 6.07) is 13.0. The lowest BCUT2D eigenvalue weighted by Crippen LogP contribution is -2.50. The molecule has 0 spiro atoms. The number of ether oxygens (including phenoxy) is 1. The highest BCUT2D eigenvalue weighted by Crippen LogP contribution is 2.21. The molecular weight excluding hydrogens is 400 g/mol. The number of hydrogen-bond acceptors (Lipinski definition) is 4. The first kappa shape index (κ1) is 22.3. The van der Waals surface area contributed by atoms with Gasteiger partial charge in [-0.1, -0.05) is 18.2 Å². The summed E-state index contributed by atoms with van der Waals surface area (Å²) in [5, 5.41) is 0. The number of piperazine rings is 1. The lowest BCUT2D eigenvalue weighted by molar-refractivity contribution is -0.132. The summed E-state index contributed by atoms with van der Waals surface area (Å²) >= 11 is 0. The molecule has 3 rings (SSSR count). The molecule has 0 atom stereocenters. The van der Waals surface area contributed by atoms with Crippen LogP contribution in [0.5, 0.6) is 5.75 Å². The van der Waals surface area contributed by atoms with Crippen LogP contribution in [0.25, 0.3) is 0 Å². The van der Waals surface area contributed by atoms with Crippen molar-refractivity contribution in [3.63, 3.8) is 0 Å². The quantitative estimate of drug-likeness (QED) is 0.632. The molecule has 1 fully saturated rings. The third kappa shape index (κ3) is 5.40. The smallest absolute Gasteiger partial charge is 0.243 e. The van der Waals surface area contributed by atoms with Crippen molar-refractivity contribution >= 4 is 15.9 Å². The standard InChI is InChI=1S/C23H30N2O4S/c1-18-6-4-7-21(16-18)29-15-5-8-23(26)24-11-13-25(14-12-24)30(27,28)22-10-9-19(2)20(3)17-22/h4,6-7,9-10,16-17H,5,8,11-15H2,1-3H3. The molecule has 162 valence electrons. The zero-order valence-corrected chi connectivity index (χ0v) is 18.7. The molecule has 0 N–H and O–H groups in total. The molecule has 30 heavy (non-hydrogen) atoms. The minimum atomic E-state index is -3.53. The number of rotatable bonds is 7. The Morgan fingerprint density at radius 2 is 1.70 bits per heavy atom. The van der Waals surface area contributed by atoms with E-state index in [-0.39, 0.29) is 5.91 Å². The van der Waals surface area contributed by atoms with Crippen molar-refractivity contribution in [2.45, 2.75) is 38.5 Å². The van der Waals surface area contributed by atoms with Gasteiger partial charge in [-0.05, 0) is 68.1 Å². The van der Waals surface area contributed by atoms with Gasteiger partial charge in [0.1, 0.15) is 5.75 Å². The second-order valence-electron chi connectivity index (χ2n) is 7.80. The maximum atomic E-state index is 12.9. The van der Waals surface area contributed by atoms with E-state index in [0.29, 0.717) is 50.5 Å². The van der Waals surface area contributed by atoms with Crippen LogP contribution in [0, 0.1) is 20.8 Å². The molecule has 2 aromatic rings. The number of carbonyl (C=O) groups excluding carboxylic acids is 1. The Kier molecular flexibility index (Phi) is 7.15. The predicted octanol–water partition coefficient (Wildman–Crippen LogP) is 3.30. The first-order valence-electron chi connectivity index (χ1n) is 10.3. The highest BCUT2D eigenvalue weighted by molar-refractivity contribution is 7.89. The van der Waals surface area contributed by atoms with Crippen molar-refractivity contribution in [1.29, 1.82) is 0 Å². The van der Waals surface area contributed by atoms with E-state index < -0.39 is 10.0 Å². The van der Waals surface area contributed by atoms with Gasteiger partial charge in [-0.3, -0.25) is 4.79 Å². The number of amides is 1. The van der Waals surface area contributed by atoms with E-state index >= 15 is 0 Å². The fraction of sp³-hybridized carbons (Fsp3) is 0.435. The average molecular weight is 431 g/mol. The number of benzene rings is 2. The Morgan fingerprint density at radius 3 is 2.37 bits per heavy atom. The maximum absolute atomic E-state index is 12.9. The van der Waals surface area contributed by atoms with E-state index in [1.807, 2.05) is 51.1 Å². The number of sulfonamides is 1. The van der Waals surface area contributed by atoms with Gasteiger partial charge in [0.2, 0.25) is 15.9 Å². The van der Waals surface area contributed by atoms with Crippen LogP contribution < -0.4 is 4.74 Å². The summed E-state index contributed by atoms with van der Waals surface area (Å²) in [4.78, 5) is 14.5. The Morgan fingerprint density at radius 1 is 0.967 bits per heavy atom. The van der Waals surface area contributed by atoms with Crippen LogP contribution in [0.3, 0.4) is 0 Å². The van der Waals surface area contributed by atoms with E-state index in [9.17, 15) is 13.2 Å². The average Bonchev–Trinajstić information content (AvgIpc) is 2.73. The van der Waals surface area contributed by atoms with Gasteiger partial charge in [-0.2, -0.15) is 4.31 Å². The topological polar surface area (TPSA) is 66.9 Å². The first-order chi connectivity index (χ1) is 14.3. The molecule has 6 nitrogen and oxygen atoms in total. The summed E-state index contributed by atoms with van der Waals surface area (Å²) in [6.07, 6.45) is 1.03. The summed E-state index contributed by atoms with van der Waals surface area (Å²) in [7, 11) is -3.53. The molecule has 0 radical (unpaired) electrons. The van der Waals surface area contributed by atoms with Crippen LogP contribution in [0.4, 0.5) is 0 Å². The molecule has 0 unspecified atom stereocenters. The molecule has 1 aliphatic heterocycles. The van der Waals surface area contributed by atoms with E-state index in [4.69, 9.17) is 4.74 Å². The van der Waals surface area contributed by atoms with Crippen molar-refractivity contribution < 1.29 is 17.9 Å². The molecule has 7 heteroatoms. The molecule has 1 heterocycles. The molecule has 1 saturated heterocycles. The largest absolute Gasteiger partial charge is 0.494 e. The Hall–Kier alpha value is -2.38. The van der Waals surface area contributed by atoms with E-state index in [1.54, 1.807) is 17.0 Å². The van der Waals surface area contributed by atoms with Crippen LogP contribution in [0.15, 0.2) is 47.4 Å². The Balaban J connectivity index is 1.46. The van der Waals surface area contributed by atoms with E-state index in [2.05, 4.69) is 0 Å². The Bertz CT molecular complexity index is 996. The van der Waals surface area contributed by atoms with Crippen molar-refractivity contribution in [3.05, 3.63) is 59.2 Å². The van der Waals surface area contributed by atoms with E-state index in [0.717, 1.165) is 22.4 Å². The summed E-state index contributed by atoms with van der Waals surface area (Å²) in [5.74, 6) is 0.860. The third-order valence-electron chi connectivity index (χ3n) is 5.50. The number of aryl methyl sites for hydroxylation is 3. The highest BCUT2D eigenvalue weighted by atomic mass is 32.2. The van der Waals surface area contributed by atoms with Gasteiger partial charge >= 0.3 is 0 Å². The normalized spacial score (nSPS) is 15.2. The second-order valence-corrected chi connectivity index (χ2v) is 9.74. The van der Waals surface area contributed by atoms with Gasteiger partial charge in [0.25, 0.3) is 0 Å². The van der Waals surface area contributed by atoms with Gasteiger partial charge in [0.15, 0.2) is 0 Å². The predicted molar refractivity (Wildman–Crippen MR) is 117 cm³/mol. The lowest BCUT2D eigenvalue weighted by atomic mass is 10.1. The zero-order chi connectivity index (χ0) is 21.7. The number of nitrogens with zero attached hydrogens (tertiary/aromatic N) is 2. The second kappa shape index (κ2) is 9.62. The molecule has 2 aromatic carbocycles. The summed E-state index contributed by atoms with van der Waals surface area (Å²) in [6.45, 7) is 7.84. The van der Waals surface area contributed by atoms with Gasteiger partial charge in [-0.15, -0.1) is 0 Å². The van der Waals surface area contributed by atoms with E-state index in [1.165, 1.54) is 4.31 Å². The molecule has 1 aliphatic rings. The van der Waals surface area contributed by atoms with Crippen molar-refractivity contribution in [2.24, 2.45) is 0 Å². The summed E-state index contributed by atoms with van der Waals surface area (Å²) < 4.78 is 33.0. The fourth-order valence-corrected chi connectivity index (χ4v) is 4.99. The fourth-order valence-electron chi connectivity index (χ4n) is 3.48. The highest BCUT2D eigenvalue weighted by Gasteiger charge is 2.30. The number of hydrogen-bond donors (Lipinski definition) is 0. The Labute approximate surface area is 179 Å². The maximum Gasteiger partial charge on any atom is 0.243 e. The molecular formula is C23H30N2O4S. The summed E-state index contributed by atoms with van der Waals surface area (Å²) in [5.41, 5.74) is 3.16. The number of carbonyl (C=O) groups is 1. The van der Waals surface area contributed by atoms with Crippen LogP contribution >= 0.6 is 0 Å². The van der Waals surface area contributed by atoms with Crippen LogP contribution in [-0.2, 0) is 14.8 Å². The molecule has 1 amide bonds. The van der Waals surface area contributed by atoms with Crippen LogP contribution in [0.2, 0.25) is 0 Å². The first-order valence-corrected chi connectivity index (χ1v) is 11.8. The molecule has 0 bridgehead atoms. The monoisotopic (exact) mass is 430 g/mol. The van der Waals surface area contributed by atoms with Gasteiger partial charge < -0.3 is 9.64 Å². The van der Waals surface area contributed by atoms with Crippen LogP contribution in [0.1, 0.15) is 29.5 Å². The van der Waals surface area contributed by atoms with Gasteiger partial charge in [0.05, 0.1) is 11.5 Å². The molecule has 0 aliphatic carbocycles. The van der Waals surface area contributed by atoms with Crippen LogP contribution in [-0.4, -0.2) is 56.3 Å². The minimum Gasteiger partial charge on any atom is -0.494 e. The SMILES string of the molecule is Cc1cccc(OCCCC(=O)N2CCN(S(=O)(=O)c3ccc(C)c(C)c3)CC2)c1. The van der Waals surface area contributed by atoms with Crippen molar-refractivity contribution in [3.8, 4) is 5.75 Å².